The second kappa shape index (κ2) is 9.43. The predicted octanol–water partition coefficient (Wildman–Crippen LogP) is 1.68. The van der Waals surface area contributed by atoms with E-state index in [4.69, 9.17) is 4.74 Å². The third kappa shape index (κ3) is 5.37. The highest BCUT2D eigenvalue weighted by Gasteiger charge is 2.23. The van der Waals surface area contributed by atoms with Crippen LogP contribution in [0.1, 0.15) is 23.6 Å². The van der Waals surface area contributed by atoms with Crippen molar-refractivity contribution in [3.8, 4) is 0 Å². The molecule has 1 fully saturated rings. The van der Waals surface area contributed by atoms with Crippen LogP contribution in [0.3, 0.4) is 0 Å². The summed E-state index contributed by atoms with van der Waals surface area (Å²) in [5.74, 6) is -0.107. The Bertz CT molecular complexity index is 816. The number of benzene rings is 1. The van der Waals surface area contributed by atoms with E-state index in [-0.39, 0.29) is 24.1 Å². The van der Waals surface area contributed by atoms with Crippen LogP contribution in [0.2, 0.25) is 0 Å². The van der Waals surface area contributed by atoms with E-state index in [9.17, 15) is 14.9 Å². The van der Waals surface area contributed by atoms with E-state index in [2.05, 4.69) is 40.4 Å². The average molecular weight is 387 g/mol. The molecule has 0 spiro atoms. The molecule has 2 aromatic rings. The van der Waals surface area contributed by atoms with Crippen LogP contribution in [0.15, 0.2) is 36.7 Å². The van der Waals surface area contributed by atoms with E-state index in [1.165, 1.54) is 28.2 Å². The summed E-state index contributed by atoms with van der Waals surface area (Å²) in [5.41, 5.74) is 2.28. The second-order valence-electron chi connectivity index (χ2n) is 6.85. The molecule has 2 heterocycles. The summed E-state index contributed by atoms with van der Waals surface area (Å²) in [6.45, 7) is 5.88. The van der Waals surface area contributed by atoms with Crippen LogP contribution in [0.4, 0.5) is 5.69 Å². The fourth-order valence-corrected chi connectivity index (χ4v) is 3.31. The number of ether oxygens (including phenoxy) is 1. The summed E-state index contributed by atoms with van der Waals surface area (Å²) in [4.78, 5) is 24.8. The van der Waals surface area contributed by atoms with Gasteiger partial charge in [0.2, 0.25) is 5.91 Å². The van der Waals surface area contributed by atoms with Gasteiger partial charge in [-0.25, -0.2) is 0 Å². The fraction of sp³-hybridized carbons (Fsp3) is 0.474. The third-order valence-electron chi connectivity index (χ3n) is 4.80. The van der Waals surface area contributed by atoms with Gasteiger partial charge in [-0.05, 0) is 12.5 Å². The lowest BCUT2D eigenvalue weighted by atomic mass is 10.0. The first kappa shape index (κ1) is 20.0. The van der Waals surface area contributed by atoms with Crippen LogP contribution in [-0.2, 0) is 16.1 Å². The Morgan fingerprint density at radius 2 is 2.18 bits per heavy atom. The second-order valence-corrected chi connectivity index (χ2v) is 6.85. The van der Waals surface area contributed by atoms with Crippen LogP contribution in [0, 0.1) is 17.0 Å². The number of hydrogen-bond acceptors (Lipinski definition) is 6. The molecule has 0 aliphatic carbocycles. The Kier molecular flexibility index (Phi) is 6.72. The molecule has 1 atom stereocenters. The lowest BCUT2D eigenvalue weighted by Gasteiger charge is -2.35. The van der Waals surface area contributed by atoms with Crippen molar-refractivity contribution in [1.82, 2.24) is 20.0 Å². The van der Waals surface area contributed by atoms with E-state index in [0.717, 1.165) is 13.1 Å². The van der Waals surface area contributed by atoms with E-state index < -0.39 is 4.92 Å². The first-order valence-electron chi connectivity index (χ1n) is 9.35. The van der Waals surface area contributed by atoms with Gasteiger partial charge in [0.15, 0.2) is 0 Å². The molecule has 150 valence electrons. The molecule has 1 N–H and O–H groups in total. The standard InChI is InChI=1S/C19H25N5O4/c1-15-3-2-4-16(11-15)18(22-7-9-28-10-8-22)13-20-19(25)5-6-23-14-17(12-21-23)24(26)27/h2-4,11-12,14,18H,5-10,13H2,1H3,(H,20,25). The summed E-state index contributed by atoms with van der Waals surface area (Å²) in [5, 5.41) is 17.6. The molecule has 0 radical (unpaired) electrons. The Balaban J connectivity index is 1.57. The van der Waals surface area contributed by atoms with Gasteiger partial charge in [-0.1, -0.05) is 29.8 Å². The molecule has 1 amide bonds. The fourth-order valence-electron chi connectivity index (χ4n) is 3.31. The Hall–Kier alpha value is -2.78. The minimum atomic E-state index is -0.502. The van der Waals surface area contributed by atoms with Crippen LogP contribution < -0.4 is 5.32 Å². The molecule has 0 saturated carbocycles. The molecule has 9 heteroatoms. The van der Waals surface area contributed by atoms with Crippen molar-refractivity contribution in [3.05, 3.63) is 57.9 Å². The number of amides is 1. The van der Waals surface area contributed by atoms with E-state index >= 15 is 0 Å². The zero-order valence-electron chi connectivity index (χ0n) is 15.9. The molecular formula is C19H25N5O4. The molecule has 1 saturated heterocycles. The van der Waals surface area contributed by atoms with Crippen molar-refractivity contribution >= 4 is 11.6 Å². The van der Waals surface area contributed by atoms with E-state index in [1.54, 1.807) is 0 Å². The smallest absolute Gasteiger partial charge is 0.306 e. The summed E-state index contributed by atoms with van der Waals surface area (Å²) in [7, 11) is 0. The number of hydrogen-bond donors (Lipinski definition) is 1. The average Bonchev–Trinajstić information content (AvgIpc) is 3.17. The maximum Gasteiger partial charge on any atom is 0.306 e. The number of aryl methyl sites for hydroxylation is 2. The van der Waals surface area contributed by atoms with Crippen LogP contribution in [-0.4, -0.2) is 58.4 Å². The van der Waals surface area contributed by atoms with E-state index in [0.29, 0.717) is 26.3 Å². The van der Waals surface area contributed by atoms with Crippen LogP contribution in [0.25, 0.3) is 0 Å². The van der Waals surface area contributed by atoms with Crippen molar-refractivity contribution in [3.63, 3.8) is 0 Å². The molecule has 1 aliphatic rings. The quantitative estimate of drug-likeness (QED) is 0.546. The molecular weight excluding hydrogens is 362 g/mol. The maximum absolute atomic E-state index is 12.3. The monoisotopic (exact) mass is 387 g/mol. The Labute approximate surface area is 163 Å². The Morgan fingerprint density at radius 3 is 2.86 bits per heavy atom. The van der Waals surface area contributed by atoms with Gasteiger partial charge in [-0.3, -0.25) is 24.5 Å². The SMILES string of the molecule is Cc1cccc(C(CNC(=O)CCn2cc([N+](=O)[O-])cn2)N2CCOCC2)c1. The van der Waals surface area contributed by atoms with Crippen LogP contribution in [0.5, 0.6) is 0 Å². The topological polar surface area (TPSA) is 103 Å². The molecule has 28 heavy (non-hydrogen) atoms. The molecule has 3 rings (SSSR count). The highest BCUT2D eigenvalue weighted by atomic mass is 16.6. The number of nitro groups is 1. The number of nitrogens with zero attached hydrogens (tertiary/aromatic N) is 4. The molecule has 1 aromatic heterocycles. The van der Waals surface area contributed by atoms with Gasteiger partial charge >= 0.3 is 5.69 Å². The minimum absolute atomic E-state index is 0.0766. The van der Waals surface area contributed by atoms with E-state index in [1.807, 2.05) is 6.07 Å². The van der Waals surface area contributed by atoms with Gasteiger partial charge < -0.3 is 10.1 Å². The summed E-state index contributed by atoms with van der Waals surface area (Å²) in [6, 6.07) is 8.40. The predicted molar refractivity (Wildman–Crippen MR) is 103 cm³/mol. The molecule has 1 unspecified atom stereocenters. The zero-order chi connectivity index (χ0) is 19.9. The minimum Gasteiger partial charge on any atom is -0.379 e. The summed E-state index contributed by atoms with van der Waals surface area (Å²) in [6.07, 6.45) is 2.73. The molecule has 9 nitrogen and oxygen atoms in total. The van der Waals surface area contributed by atoms with Crippen LogP contribution >= 0.6 is 0 Å². The first-order chi connectivity index (χ1) is 13.5. The molecule has 1 aliphatic heterocycles. The molecule has 1 aromatic carbocycles. The van der Waals surface area contributed by atoms with Gasteiger partial charge in [0.1, 0.15) is 12.4 Å². The Morgan fingerprint density at radius 1 is 1.39 bits per heavy atom. The summed E-state index contributed by atoms with van der Waals surface area (Å²) >= 11 is 0. The van der Waals surface area contributed by atoms with Crippen molar-refractivity contribution < 1.29 is 14.5 Å². The number of carbonyl (C=O) groups is 1. The number of nitrogens with one attached hydrogen (secondary N) is 1. The van der Waals surface area contributed by atoms with Gasteiger partial charge in [-0.2, -0.15) is 5.10 Å². The summed E-state index contributed by atoms with van der Waals surface area (Å²) < 4.78 is 6.87. The van der Waals surface area contributed by atoms with Gasteiger partial charge in [-0.15, -0.1) is 0 Å². The first-order valence-corrected chi connectivity index (χ1v) is 9.35. The number of morpholine rings is 1. The number of rotatable bonds is 8. The van der Waals surface area contributed by atoms with Crippen molar-refractivity contribution in [2.75, 3.05) is 32.8 Å². The van der Waals surface area contributed by atoms with Gasteiger partial charge in [0.05, 0.1) is 24.2 Å². The molecule has 0 bridgehead atoms. The van der Waals surface area contributed by atoms with Gasteiger partial charge in [0, 0.05) is 32.6 Å². The highest BCUT2D eigenvalue weighted by Crippen LogP contribution is 2.22. The lowest BCUT2D eigenvalue weighted by molar-refractivity contribution is -0.385. The number of aromatic nitrogens is 2. The third-order valence-corrected chi connectivity index (χ3v) is 4.80. The zero-order valence-corrected chi connectivity index (χ0v) is 15.9. The van der Waals surface area contributed by atoms with Crippen molar-refractivity contribution in [2.24, 2.45) is 0 Å². The highest BCUT2D eigenvalue weighted by molar-refractivity contribution is 5.75. The lowest BCUT2D eigenvalue weighted by Crippen LogP contribution is -2.44. The van der Waals surface area contributed by atoms with Gasteiger partial charge in [0.25, 0.3) is 0 Å². The number of carbonyl (C=O) groups excluding carboxylic acids is 1. The normalized spacial score (nSPS) is 15.9. The maximum atomic E-state index is 12.3. The van der Waals surface area contributed by atoms with Crippen molar-refractivity contribution in [2.45, 2.75) is 25.9 Å². The van der Waals surface area contributed by atoms with Crippen molar-refractivity contribution in [1.29, 1.82) is 0 Å². The largest absolute Gasteiger partial charge is 0.379 e.